The predicted octanol–water partition coefficient (Wildman–Crippen LogP) is -0.475. The second kappa shape index (κ2) is 7.53. The van der Waals surface area contributed by atoms with E-state index in [2.05, 4.69) is 0 Å². The third kappa shape index (κ3) is 8.46. The Balaban J connectivity index is 3.31. The molecule has 0 aromatic rings. The fourth-order valence-corrected chi connectivity index (χ4v) is 0.948. The summed E-state index contributed by atoms with van der Waals surface area (Å²) in [5.74, 6) is 0.157. The molecule has 0 aromatic heterocycles. The molecular formula is C8H18ClNO3. The van der Waals surface area contributed by atoms with Crippen LogP contribution in [0.2, 0.25) is 0 Å². The first-order valence-electron chi connectivity index (χ1n) is 4.20. The summed E-state index contributed by atoms with van der Waals surface area (Å²) >= 11 is 5.35. The molecule has 0 saturated carbocycles. The zero-order valence-electron chi connectivity index (χ0n) is 8.11. The minimum absolute atomic E-state index is 0.157. The van der Waals surface area contributed by atoms with E-state index in [9.17, 15) is 5.11 Å². The zero-order valence-corrected chi connectivity index (χ0v) is 8.87. The molecule has 4 nitrogen and oxygen atoms in total. The highest BCUT2D eigenvalue weighted by atomic mass is 35.5. The number of ether oxygens (including phenoxy) is 1. The number of alkyl halides is 1. The van der Waals surface area contributed by atoms with Crippen molar-refractivity contribution in [1.82, 2.24) is 4.90 Å². The first-order valence-corrected chi connectivity index (χ1v) is 4.74. The van der Waals surface area contributed by atoms with Gasteiger partial charge in [-0.05, 0) is 14.1 Å². The summed E-state index contributed by atoms with van der Waals surface area (Å²) in [6, 6.07) is 0. The number of hydrogen-bond donors (Lipinski definition) is 2. The third-order valence-electron chi connectivity index (χ3n) is 1.37. The van der Waals surface area contributed by atoms with Gasteiger partial charge in [-0.1, -0.05) is 0 Å². The number of hydrogen-bond acceptors (Lipinski definition) is 4. The Bertz CT molecular complexity index is 124. The molecular weight excluding hydrogens is 194 g/mol. The topological polar surface area (TPSA) is 52.9 Å². The second-order valence-corrected chi connectivity index (χ2v) is 3.57. The van der Waals surface area contributed by atoms with E-state index in [1.807, 2.05) is 19.0 Å². The van der Waals surface area contributed by atoms with E-state index in [1.54, 1.807) is 0 Å². The Labute approximate surface area is 84.1 Å². The molecule has 0 amide bonds. The molecule has 13 heavy (non-hydrogen) atoms. The van der Waals surface area contributed by atoms with Gasteiger partial charge in [0.15, 0.2) is 0 Å². The standard InChI is InChI=1S/C8H18ClNO3/c1-10(2)4-8(12)6-13-5-7(11)3-9/h7-8,11-12H,3-6H2,1-2H3. The minimum atomic E-state index is -0.645. The SMILES string of the molecule is CN(C)CC(O)COCC(O)CCl. The van der Waals surface area contributed by atoms with E-state index >= 15 is 0 Å². The number of aliphatic hydroxyl groups excluding tert-OH is 2. The van der Waals surface area contributed by atoms with Crippen LogP contribution in [-0.4, -0.2) is 67.1 Å². The summed E-state index contributed by atoms with van der Waals surface area (Å²) in [6.45, 7) is 0.955. The van der Waals surface area contributed by atoms with Crippen molar-refractivity contribution in [2.75, 3.05) is 39.7 Å². The average molecular weight is 212 g/mol. The zero-order chi connectivity index (χ0) is 10.3. The largest absolute Gasteiger partial charge is 0.389 e. The Hall–Kier alpha value is 0.130. The molecule has 0 spiro atoms. The van der Waals surface area contributed by atoms with E-state index in [4.69, 9.17) is 21.4 Å². The molecule has 0 aliphatic heterocycles. The van der Waals surface area contributed by atoms with Gasteiger partial charge >= 0.3 is 0 Å². The van der Waals surface area contributed by atoms with Crippen molar-refractivity contribution < 1.29 is 14.9 Å². The Kier molecular flexibility index (Phi) is 7.60. The fraction of sp³-hybridized carbons (Fsp3) is 1.00. The van der Waals surface area contributed by atoms with E-state index in [0.717, 1.165) is 0 Å². The molecule has 0 saturated heterocycles. The molecule has 0 aromatic carbocycles. The van der Waals surface area contributed by atoms with Gasteiger partial charge in [-0.3, -0.25) is 0 Å². The average Bonchev–Trinajstić information content (AvgIpc) is 2.02. The van der Waals surface area contributed by atoms with Crippen LogP contribution >= 0.6 is 11.6 Å². The van der Waals surface area contributed by atoms with Crippen LogP contribution in [0.1, 0.15) is 0 Å². The van der Waals surface area contributed by atoms with Gasteiger partial charge in [0.25, 0.3) is 0 Å². The van der Waals surface area contributed by atoms with E-state index < -0.39 is 12.2 Å². The van der Waals surface area contributed by atoms with Gasteiger partial charge in [0.05, 0.1) is 31.3 Å². The van der Waals surface area contributed by atoms with E-state index in [0.29, 0.717) is 6.54 Å². The number of halogens is 1. The number of rotatable bonds is 7. The van der Waals surface area contributed by atoms with Crippen LogP contribution in [0.25, 0.3) is 0 Å². The monoisotopic (exact) mass is 211 g/mol. The lowest BCUT2D eigenvalue weighted by molar-refractivity contribution is -0.00801. The summed E-state index contributed by atoms with van der Waals surface area (Å²) in [4.78, 5) is 1.87. The first kappa shape index (κ1) is 13.1. The van der Waals surface area contributed by atoms with Gasteiger partial charge in [-0.2, -0.15) is 0 Å². The van der Waals surface area contributed by atoms with Crippen molar-refractivity contribution in [3.8, 4) is 0 Å². The maximum Gasteiger partial charge on any atom is 0.0908 e. The van der Waals surface area contributed by atoms with Crippen LogP contribution in [0.3, 0.4) is 0 Å². The van der Waals surface area contributed by atoms with E-state index in [-0.39, 0.29) is 19.1 Å². The number of nitrogens with zero attached hydrogens (tertiary/aromatic N) is 1. The summed E-state index contributed by atoms with van der Waals surface area (Å²) < 4.78 is 5.04. The molecule has 5 heteroatoms. The quantitative estimate of drug-likeness (QED) is 0.559. The van der Waals surface area contributed by atoms with E-state index in [1.165, 1.54) is 0 Å². The molecule has 0 radical (unpaired) electrons. The summed E-state index contributed by atoms with van der Waals surface area (Å²) in [7, 11) is 3.74. The second-order valence-electron chi connectivity index (χ2n) is 3.26. The van der Waals surface area contributed by atoms with Crippen molar-refractivity contribution in [3.63, 3.8) is 0 Å². The third-order valence-corrected chi connectivity index (χ3v) is 1.73. The van der Waals surface area contributed by atoms with Gasteiger partial charge in [-0.25, -0.2) is 0 Å². The first-order chi connectivity index (χ1) is 6.06. The van der Waals surface area contributed by atoms with Crippen molar-refractivity contribution in [3.05, 3.63) is 0 Å². The van der Waals surface area contributed by atoms with Crippen molar-refractivity contribution in [1.29, 1.82) is 0 Å². The van der Waals surface area contributed by atoms with Gasteiger partial charge in [-0.15, -0.1) is 11.6 Å². The van der Waals surface area contributed by atoms with Gasteiger partial charge in [0.2, 0.25) is 0 Å². The fourth-order valence-electron chi connectivity index (χ4n) is 0.859. The Morgan fingerprint density at radius 2 is 1.77 bits per heavy atom. The summed E-state index contributed by atoms with van der Waals surface area (Å²) in [5, 5.41) is 18.3. The van der Waals surface area contributed by atoms with Crippen LogP contribution in [0.4, 0.5) is 0 Å². The van der Waals surface area contributed by atoms with Crippen molar-refractivity contribution in [2.45, 2.75) is 12.2 Å². The number of aliphatic hydroxyl groups is 2. The lowest BCUT2D eigenvalue weighted by Crippen LogP contribution is -2.31. The molecule has 2 N–H and O–H groups in total. The van der Waals surface area contributed by atoms with Crippen LogP contribution in [0.5, 0.6) is 0 Å². The molecule has 80 valence electrons. The molecule has 0 bridgehead atoms. The van der Waals surface area contributed by atoms with Crippen molar-refractivity contribution >= 4 is 11.6 Å². The predicted molar refractivity (Wildman–Crippen MR) is 52.1 cm³/mol. The maximum atomic E-state index is 9.32. The lowest BCUT2D eigenvalue weighted by Gasteiger charge is -2.16. The molecule has 0 rings (SSSR count). The maximum absolute atomic E-state index is 9.32. The van der Waals surface area contributed by atoms with Gasteiger partial charge in [0, 0.05) is 6.54 Å². The van der Waals surface area contributed by atoms with Gasteiger partial charge < -0.3 is 19.8 Å². The smallest absolute Gasteiger partial charge is 0.0908 e. The normalized spacial score (nSPS) is 16.2. The summed E-state index contributed by atoms with van der Waals surface area (Å²) in [6.07, 6.45) is -1.16. The van der Waals surface area contributed by atoms with Crippen LogP contribution in [0, 0.1) is 0 Å². The Morgan fingerprint density at radius 3 is 2.23 bits per heavy atom. The molecule has 2 atom stereocenters. The molecule has 2 unspecified atom stereocenters. The Morgan fingerprint density at radius 1 is 1.23 bits per heavy atom. The molecule has 0 heterocycles. The van der Waals surface area contributed by atoms with Crippen LogP contribution < -0.4 is 0 Å². The van der Waals surface area contributed by atoms with Crippen LogP contribution in [-0.2, 0) is 4.74 Å². The van der Waals surface area contributed by atoms with Crippen molar-refractivity contribution in [2.24, 2.45) is 0 Å². The van der Waals surface area contributed by atoms with Gasteiger partial charge in [0.1, 0.15) is 0 Å². The highest BCUT2D eigenvalue weighted by molar-refractivity contribution is 6.18. The molecule has 0 aliphatic carbocycles. The molecule has 0 fully saturated rings. The molecule has 0 aliphatic rings. The highest BCUT2D eigenvalue weighted by Crippen LogP contribution is 1.92. The minimum Gasteiger partial charge on any atom is -0.389 e. The number of likely N-dealkylation sites (N-methyl/N-ethyl adjacent to an activating group) is 1. The van der Waals surface area contributed by atoms with Crippen LogP contribution in [0.15, 0.2) is 0 Å². The highest BCUT2D eigenvalue weighted by Gasteiger charge is 2.07. The lowest BCUT2D eigenvalue weighted by atomic mass is 10.3. The summed E-state index contributed by atoms with van der Waals surface area (Å²) in [5.41, 5.74) is 0.